The van der Waals surface area contributed by atoms with Gasteiger partial charge in [-0.2, -0.15) is 0 Å². The van der Waals surface area contributed by atoms with Crippen LogP contribution in [0.25, 0.3) is 11.1 Å². The number of hydrogen-bond donors (Lipinski definition) is 0. The third-order valence-electron chi connectivity index (χ3n) is 5.68. The van der Waals surface area contributed by atoms with Gasteiger partial charge < -0.3 is 9.42 Å². The molecule has 2 aromatic carbocycles. The summed E-state index contributed by atoms with van der Waals surface area (Å²) in [4.78, 5) is 17.4. The number of benzene rings is 2. The Morgan fingerprint density at radius 2 is 1.66 bits per heavy atom. The normalized spacial score (nSPS) is 15.3. The number of hydrogen-bond acceptors (Lipinski definition) is 4. The van der Waals surface area contributed by atoms with Gasteiger partial charge in [0.1, 0.15) is 5.76 Å². The summed E-state index contributed by atoms with van der Waals surface area (Å²) in [6.07, 6.45) is 0.969. The summed E-state index contributed by atoms with van der Waals surface area (Å²) in [5.41, 5.74) is 5.17. The monoisotopic (exact) mass is 389 g/mol. The summed E-state index contributed by atoms with van der Waals surface area (Å²) in [6.45, 7) is 8.13. The largest absolute Gasteiger partial charge is 0.361 e. The highest BCUT2D eigenvalue weighted by Gasteiger charge is 2.22. The minimum absolute atomic E-state index is 0.115. The molecule has 0 saturated carbocycles. The molecule has 4 rings (SSSR count). The first-order valence-corrected chi connectivity index (χ1v) is 10.2. The van der Waals surface area contributed by atoms with Crippen LogP contribution in [0.2, 0.25) is 0 Å². The second-order valence-corrected chi connectivity index (χ2v) is 7.67. The van der Waals surface area contributed by atoms with E-state index in [2.05, 4.69) is 22.2 Å². The first kappa shape index (κ1) is 19.4. The SMILES string of the molecule is Cc1noc(C)c1CN1CCCN(C(=O)c2ccc(-c3ccccc3)cc2)CC1. The fraction of sp³-hybridized carbons (Fsp3) is 0.333. The van der Waals surface area contributed by atoms with E-state index < -0.39 is 0 Å². The average molecular weight is 389 g/mol. The number of nitrogens with zero attached hydrogens (tertiary/aromatic N) is 3. The van der Waals surface area contributed by atoms with Gasteiger partial charge in [0.25, 0.3) is 5.91 Å². The van der Waals surface area contributed by atoms with E-state index in [0.29, 0.717) is 0 Å². The summed E-state index contributed by atoms with van der Waals surface area (Å²) in [5, 5.41) is 4.05. The molecule has 1 aliphatic rings. The van der Waals surface area contributed by atoms with Crippen molar-refractivity contribution < 1.29 is 9.32 Å². The number of carbonyl (C=O) groups excluding carboxylic acids is 1. The number of amides is 1. The summed E-state index contributed by atoms with van der Waals surface area (Å²) in [6, 6.07) is 18.2. The Labute approximate surface area is 171 Å². The number of rotatable bonds is 4. The van der Waals surface area contributed by atoms with E-state index in [0.717, 1.165) is 67.3 Å². The Kier molecular flexibility index (Phi) is 5.76. The van der Waals surface area contributed by atoms with Crippen molar-refractivity contribution in [3.63, 3.8) is 0 Å². The highest BCUT2D eigenvalue weighted by atomic mass is 16.5. The maximum absolute atomic E-state index is 13.0. The number of carbonyl (C=O) groups is 1. The van der Waals surface area contributed by atoms with E-state index in [9.17, 15) is 4.79 Å². The molecule has 1 aliphatic heterocycles. The van der Waals surface area contributed by atoms with Gasteiger partial charge in [-0.25, -0.2) is 0 Å². The molecule has 0 bridgehead atoms. The van der Waals surface area contributed by atoms with Crippen molar-refractivity contribution in [2.45, 2.75) is 26.8 Å². The minimum atomic E-state index is 0.115. The lowest BCUT2D eigenvalue weighted by atomic mass is 10.0. The average Bonchev–Trinajstić information content (AvgIpc) is 2.95. The van der Waals surface area contributed by atoms with E-state index in [4.69, 9.17) is 4.52 Å². The quantitative estimate of drug-likeness (QED) is 0.667. The molecule has 0 spiro atoms. The van der Waals surface area contributed by atoms with Gasteiger partial charge in [-0.15, -0.1) is 0 Å². The van der Waals surface area contributed by atoms with Gasteiger partial charge in [0, 0.05) is 43.9 Å². The van der Waals surface area contributed by atoms with Crippen molar-refractivity contribution in [3.8, 4) is 11.1 Å². The van der Waals surface area contributed by atoms with Crippen LogP contribution in [0.4, 0.5) is 0 Å². The molecule has 1 saturated heterocycles. The van der Waals surface area contributed by atoms with Crippen LogP contribution in [0.1, 0.15) is 33.8 Å². The van der Waals surface area contributed by atoms with Gasteiger partial charge >= 0.3 is 0 Å². The molecule has 1 amide bonds. The van der Waals surface area contributed by atoms with Crippen molar-refractivity contribution in [2.24, 2.45) is 0 Å². The summed E-state index contributed by atoms with van der Waals surface area (Å²) >= 11 is 0. The molecule has 1 fully saturated rings. The van der Waals surface area contributed by atoms with E-state index in [1.54, 1.807) is 0 Å². The van der Waals surface area contributed by atoms with Crippen molar-refractivity contribution >= 4 is 5.91 Å². The standard InChI is InChI=1S/C24H27N3O2/c1-18-23(19(2)29-25-18)17-26-13-6-14-27(16-15-26)24(28)22-11-9-21(10-12-22)20-7-4-3-5-8-20/h3-5,7-12H,6,13-17H2,1-2H3. The molecule has 3 aromatic rings. The smallest absolute Gasteiger partial charge is 0.253 e. The Morgan fingerprint density at radius 1 is 0.931 bits per heavy atom. The molecular weight excluding hydrogens is 362 g/mol. The molecular formula is C24H27N3O2. The second-order valence-electron chi connectivity index (χ2n) is 7.67. The van der Waals surface area contributed by atoms with Crippen LogP contribution >= 0.6 is 0 Å². The molecule has 0 aliphatic carbocycles. The van der Waals surface area contributed by atoms with E-state index >= 15 is 0 Å². The number of aryl methyl sites for hydroxylation is 2. The topological polar surface area (TPSA) is 49.6 Å². The van der Waals surface area contributed by atoms with Crippen LogP contribution in [0.3, 0.4) is 0 Å². The number of aromatic nitrogens is 1. The minimum Gasteiger partial charge on any atom is -0.361 e. The van der Waals surface area contributed by atoms with Crippen LogP contribution in [-0.2, 0) is 6.54 Å². The van der Waals surface area contributed by atoms with Crippen LogP contribution in [0.15, 0.2) is 59.1 Å². The molecule has 0 N–H and O–H groups in total. The zero-order valence-electron chi connectivity index (χ0n) is 17.1. The molecule has 5 heteroatoms. The maximum Gasteiger partial charge on any atom is 0.253 e. The predicted molar refractivity (Wildman–Crippen MR) is 114 cm³/mol. The van der Waals surface area contributed by atoms with Crippen LogP contribution in [0.5, 0.6) is 0 Å². The molecule has 2 heterocycles. The predicted octanol–water partition coefficient (Wildman–Crippen LogP) is 4.31. The third kappa shape index (κ3) is 4.40. The molecule has 5 nitrogen and oxygen atoms in total. The second kappa shape index (κ2) is 8.62. The molecule has 0 radical (unpaired) electrons. The zero-order chi connectivity index (χ0) is 20.2. The Hall–Kier alpha value is -2.92. The van der Waals surface area contributed by atoms with Crippen LogP contribution < -0.4 is 0 Å². The maximum atomic E-state index is 13.0. The third-order valence-corrected chi connectivity index (χ3v) is 5.68. The molecule has 150 valence electrons. The fourth-order valence-corrected chi connectivity index (χ4v) is 3.90. The first-order chi connectivity index (χ1) is 14.1. The van der Waals surface area contributed by atoms with Gasteiger partial charge in [-0.05, 0) is 43.5 Å². The van der Waals surface area contributed by atoms with E-state index in [1.807, 2.05) is 61.2 Å². The van der Waals surface area contributed by atoms with Gasteiger partial charge in [-0.1, -0.05) is 47.6 Å². The lowest BCUT2D eigenvalue weighted by Crippen LogP contribution is -2.35. The van der Waals surface area contributed by atoms with Gasteiger partial charge in [-0.3, -0.25) is 9.69 Å². The van der Waals surface area contributed by atoms with Crippen molar-refractivity contribution in [2.75, 3.05) is 26.2 Å². The van der Waals surface area contributed by atoms with Crippen molar-refractivity contribution in [3.05, 3.63) is 77.2 Å². The highest BCUT2D eigenvalue weighted by Crippen LogP contribution is 2.21. The summed E-state index contributed by atoms with van der Waals surface area (Å²) < 4.78 is 5.29. The van der Waals surface area contributed by atoms with Crippen molar-refractivity contribution in [1.29, 1.82) is 0 Å². The Bertz CT molecular complexity index is 944. The van der Waals surface area contributed by atoms with Gasteiger partial charge in [0.15, 0.2) is 0 Å². The van der Waals surface area contributed by atoms with Gasteiger partial charge in [0.05, 0.1) is 5.69 Å². The summed E-state index contributed by atoms with van der Waals surface area (Å²) in [5.74, 6) is 1.00. The molecule has 0 unspecified atom stereocenters. The Morgan fingerprint density at radius 3 is 2.34 bits per heavy atom. The molecule has 0 atom stereocenters. The molecule has 1 aromatic heterocycles. The van der Waals surface area contributed by atoms with Crippen LogP contribution in [0, 0.1) is 13.8 Å². The Balaban J connectivity index is 1.39. The molecule has 29 heavy (non-hydrogen) atoms. The fourth-order valence-electron chi connectivity index (χ4n) is 3.90. The van der Waals surface area contributed by atoms with E-state index in [1.165, 1.54) is 5.56 Å². The van der Waals surface area contributed by atoms with Crippen molar-refractivity contribution in [1.82, 2.24) is 15.0 Å². The van der Waals surface area contributed by atoms with Gasteiger partial charge in [0.2, 0.25) is 0 Å². The van der Waals surface area contributed by atoms with Crippen LogP contribution in [-0.4, -0.2) is 47.0 Å². The van der Waals surface area contributed by atoms with E-state index in [-0.39, 0.29) is 5.91 Å². The first-order valence-electron chi connectivity index (χ1n) is 10.2. The zero-order valence-corrected chi connectivity index (χ0v) is 17.1. The highest BCUT2D eigenvalue weighted by molar-refractivity contribution is 5.94. The lowest BCUT2D eigenvalue weighted by molar-refractivity contribution is 0.0761. The lowest BCUT2D eigenvalue weighted by Gasteiger charge is -2.22. The summed E-state index contributed by atoms with van der Waals surface area (Å²) in [7, 11) is 0.